The van der Waals surface area contributed by atoms with Crippen LogP contribution in [0.15, 0.2) is 144 Å². The van der Waals surface area contributed by atoms with Gasteiger partial charge in [-0.25, -0.2) is 4.74 Å². The summed E-state index contributed by atoms with van der Waals surface area (Å²) < 4.78 is 5.09. The first-order chi connectivity index (χ1) is 18.1. The predicted octanol–water partition coefficient (Wildman–Crippen LogP) is 6.00. The van der Waals surface area contributed by atoms with Crippen molar-refractivity contribution in [1.82, 2.24) is 0 Å². The van der Waals surface area contributed by atoms with Gasteiger partial charge in [0.15, 0.2) is 0 Å². The van der Waals surface area contributed by atoms with Crippen molar-refractivity contribution in [1.29, 1.82) is 0 Å². The fourth-order valence-corrected chi connectivity index (χ4v) is 8.92. The molecule has 6 rings (SSSR count). The maximum atomic E-state index is 14.1. The number of aliphatic hydroxyl groups is 1. The van der Waals surface area contributed by atoms with Gasteiger partial charge in [0.25, 0.3) is 0 Å². The summed E-state index contributed by atoms with van der Waals surface area (Å²) >= 11 is 0. The number of amides is 1. The van der Waals surface area contributed by atoms with E-state index in [2.05, 4.69) is 36.4 Å². The summed E-state index contributed by atoms with van der Waals surface area (Å²) in [7, 11) is -2.70. The molecule has 0 aliphatic heterocycles. The smallest absolute Gasteiger partial charge is 0.248 e. The van der Waals surface area contributed by atoms with Crippen LogP contribution in [0.25, 0.3) is 11.1 Å². The zero-order valence-corrected chi connectivity index (χ0v) is 21.1. The van der Waals surface area contributed by atoms with Crippen LogP contribution in [0.5, 0.6) is 0 Å². The molecular weight excluding hydrogens is 473 g/mol. The monoisotopic (exact) mass is 499 g/mol. The molecule has 3 nitrogen and oxygen atoms in total. The van der Waals surface area contributed by atoms with Crippen LogP contribution in [-0.2, 0) is 10.4 Å². The van der Waals surface area contributed by atoms with Crippen LogP contribution < -0.4 is 15.9 Å². The Balaban J connectivity index is 1.56. The van der Waals surface area contributed by atoms with E-state index >= 15 is 0 Å². The fourth-order valence-electron chi connectivity index (χ4n) is 5.47. The van der Waals surface area contributed by atoms with E-state index in [4.69, 9.17) is 4.74 Å². The lowest BCUT2D eigenvalue weighted by molar-refractivity contribution is -0.121. The number of hydrogen-bond donors (Lipinski definition) is 1. The number of carbonyl (C=O) groups excluding carboxylic acids is 1. The molecule has 5 aromatic carbocycles. The van der Waals surface area contributed by atoms with Gasteiger partial charge < -0.3 is 5.11 Å². The fraction of sp³-hybridized carbons (Fsp3) is 0.0606. The minimum atomic E-state index is -2.70. The number of carbonyl (C=O) groups is 1. The number of rotatable bonds is 5. The van der Waals surface area contributed by atoms with E-state index in [0.717, 1.165) is 38.2 Å². The molecule has 0 fully saturated rings. The second-order valence-corrected chi connectivity index (χ2v) is 12.3. The van der Waals surface area contributed by atoms with Crippen molar-refractivity contribution >= 4 is 28.9 Å². The van der Waals surface area contributed by atoms with E-state index in [1.807, 2.05) is 103 Å². The Bertz CT molecular complexity index is 1480. The molecule has 0 atom stereocenters. The SMILES string of the molecule is O=C(CC1(O)c2ccccc2-c2ccccc21)N=P(c1ccccc1)(c1ccccc1)c1ccccc1. The van der Waals surface area contributed by atoms with Gasteiger partial charge in [-0.3, -0.25) is 4.79 Å². The molecule has 4 heteroatoms. The maximum Gasteiger partial charge on any atom is 0.248 e. The van der Waals surface area contributed by atoms with Crippen LogP contribution in [0, 0.1) is 0 Å². The van der Waals surface area contributed by atoms with Crippen molar-refractivity contribution in [3.05, 3.63) is 151 Å². The van der Waals surface area contributed by atoms with Crippen molar-refractivity contribution in [2.24, 2.45) is 4.74 Å². The Morgan fingerprint density at radius 3 is 1.32 bits per heavy atom. The van der Waals surface area contributed by atoms with Crippen molar-refractivity contribution < 1.29 is 9.90 Å². The van der Waals surface area contributed by atoms with Crippen LogP contribution in [-0.4, -0.2) is 11.0 Å². The summed E-state index contributed by atoms with van der Waals surface area (Å²) in [5, 5.41) is 15.1. The van der Waals surface area contributed by atoms with Gasteiger partial charge in [0, 0.05) is 15.9 Å². The predicted molar refractivity (Wildman–Crippen MR) is 152 cm³/mol. The van der Waals surface area contributed by atoms with Crippen LogP contribution in [0.3, 0.4) is 0 Å². The molecule has 0 heterocycles. The molecular formula is C33H26NO2P. The number of fused-ring (bicyclic) bond motifs is 3. The van der Waals surface area contributed by atoms with Gasteiger partial charge in [0.1, 0.15) is 5.60 Å². The highest BCUT2D eigenvalue weighted by atomic mass is 31.2. The average Bonchev–Trinajstić information content (AvgIpc) is 3.21. The second kappa shape index (κ2) is 9.44. The van der Waals surface area contributed by atoms with Gasteiger partial charge in [-0.2, -0.15) is 0 Å². The molecule has 0 radical (unpaired) electrons. The minimum Gasteiger partial charge on any atom is -0.380 e. The molecule has 0 saturated heterocycles. The van der Waals surface area contributed by atoms with Crippen molar-refractivity contribution in [2.45, 2.75) is 12.0 Å². The molecule has 37 heavy (non-hydrogen) atoms. The van der Waals surface area contributed by atoms with Crippen molar-refractivity contribution in [3.8, 4) is 11.1 Å². The van der Waals surface area contributed by atoms with E-state index in [9.17, 15) is 9.90 Å². The highest BCUT2D eigenvalue weighted by molar-refractivity contribution is 7.87. The standard InChI is InChI=1S/C33H26NO2P/c35-32(24-33(36)30-22-12-10-20-28(30)29-21-11-13-23-31(29)33)34-37(25-14-4-1-5-15-25,26-16-6-2-7-17-26)27-18-8-3-9-19-27/h1-23,36H,24H2. The summed E-state index contributed by atoms with van der Waals surface area (Å²) in [6, 6.07) is 45.8. The van der Waals surface area contributed by atoms with Crippen LogP contribution >= 0.6 is 7.05 Å². The first-order valence-corrected chi connectivity index (χ1v) is 14.1. The van der Waals surface area contributed by atoms with Crippen LogP contribution in [0.2, 0.25) is 0 Å². The zero-order chi connectivity index (χ0) is 25.3. The molecule has 1 aliphatic rings. The second-order valence-electron chi connectivity index (χ2n) is 9.26. The Hall–Kier alpha value is -4.04. The van der Waals surface area contributed by atoms with Gasteiger partial charge in [-0.15, -0.1) is 0 Å². The van der Waals surface area contributed by atoms with E-state index in [-0.39, 0.29) is 12.3 Å². The maximum absolute atomic E-state index is 14.1. The Morgan fingerprint density at radius 2 is 0.919 bits per heavy atom. The van der Waals surface area contributed by atoms with E-state index in [1.165, 1.54) is 0 Å². The quantitative estimate of drug-likeness (QED) is 0.302. The lowest BCUT2D eigenvalue weighted by atomic mass is 9.88. The highest BCUT2D eigenvalue weighted by Gasteiger charge is 2.43. The normalized spacial score (nSPS) is 13.4. The largest absolute Gasteiger partial charge is 0.380 e. The average molecular weight is 500 g/mol. The van der Waals surface area contributed by atoms with E-state index < -0.39 is 12.7 Å². The third-order valence-corrected chi connectivity index (χ3v) is 10.8. The van der Waals surface area contributed by atoms with Crippen LogP contribution in [0.1, 0.15) is 17.5 Å². The number of nitrogens with zero attached hydrogens (tertiary/aromatic N) is 1. The zero-order valence-electron chi connectivity index (χ0n) is 20.2. The topological polar surface area (TPSA) is 49.7 Å². The molecule has 0 spiro atoms. The molecule has 1 aliphatic carbocycles. The Labute approximate surface area is 217 Å². The van der Waals surface area contributed by atoms with Crippen LogP contribution in [0.4, 0.5) is 0 Å². The van der Waals surface area contributed by atoms with Gasteiger partial charge in [0.05, 0.1) is 13.5 Å². The molecule has 0 unspecified atom stereocenters. The minimum absolute atomic E-state index is 0.130. The first kappa shape index (κ1) is 23.4. The Morgan fingerprint density at radius 1 is 0.568 bits per heavy atom. The lowest BCUT2D eigenvalue weighted by Gasteiger charge is -2.28. The molecule has 1 N–H and O–H groups in total. The summed E-state index contributed by atoms with van der Waals surface area (Å²) in [5.74, 6) is -0.320. The highest BCUT2D eigenvalue weighted by Crippen LogP contribution is 2.51. The number of benzene rings is 5. The number of hydrogen-bond acceptors (Lipinski definition) is 2. The summed E-state index contributed by atoms with van der Waals surface area (Å²) in [6.07, 6.45) is -0.130. The molecule has 5 aromatic rings. The molecule has 0 saturated carbocycles. The van der Waals surface area contributed by atoms with Gasteiger partial charge >= 0.3 is 0 Å². The van der Waals surface area contributed by atoms with Crippen molar-refractivity contribution in [3.63, 3.8) is 0 Å². The summed E-state index contributed by atoms with van der Waals surface area (Å²) in [5.41, 5.74) is 1.99. The van der Waals surface area contributed by atoms with Gasteiger partial charge in [-0.05, 0) is 22.3 Å². The van der Waals surface area contributed by atoms with Crippen molar-refractivity contribution in [2.75, 3.05) is 0 Å². The van der Waals surface area contributed by atoms with Gasteiger partial charge in [-0.1, -0.05) is 140 Å². The summed E-state index contributed by atoms with van der Waals surface area (Å²) in [6.45, 7) is 0. The molecule has 0 bridgehead atoms. The molecule has 1 amide bonds. The van der Waals surface area contributed by atoms with E-state index in [1.54, 1.807) is 0 Å². The summed E-state index contributed by atoms with van der Waals surface area (Å²) in [4.78, 5) is 14.1. The Kier molecular flexibility index (Phi) is 5.96. The first-order valence-electron chi connectivity index (χ1n) is 12.4. The third kappa shape index (κ3) is 3.88. The van der Waals surface area contributed by atoms with E-state index in [0.29, 0.717) is 0 Å². The molecule has 180 valence electrons. The van der Waals surface area contributed by atoms with Gasteiger partial charge in [0.2, 0.25) is 5.91 Å². The lowest BCUT2D eigenvalue weighted by Crippen LogP contribution is -2.30. The third-order valence-electron chi connectivity index (χ3n) is 7.09. The molecule has 0 aromatic heterocycles.